The maximum atomic E-state index is 15.2. The molecule has 0 fully saturated rings. The third-order valence-corrected chi connectivity index (χ3v) is 6.92. The lowest BCUT2D eigenvalue weighted by molar-refractivity contribution is 0.0448. The molecule has 0 amide bonds. The molecular formula is C29H32F4O2. The van der Waals surface area contributed by atoms with E-state index in [4.69, 9.17) is 9.47 Å². The standard InChI is InChI=1S/C29H32F4O2/c1-3-4-17-35-21-11-9-20(10-12-21)23-14-13-22(26(30)27(23)31)18-5-7-19(8-6-18)24-15-16-25(34-2)29(33)28(24)32/h5-9,13-16,21,26-29H,3-4,10-12,17H2,1-2H3. The number of ether oxygens (including phenoxy) is 2. The van der Waals surface area contributed by atoms with Crippen LogP contribution in [-0.4, -0.2) is 44.5 Å². The molecule has 4 rings (SSSR count). The first kappa shape index (κ1) is 25.5. The van der Waals surface area contributed by atoms with Crippen molar-refractivity contribution in [1.82, 2.24) is 0 Å². The summed E-state index contributed by atoms with van der Waals surface area (Å²) in [5, 5.41) is 0. The van der Waals surface area contributed by atoms with Crippen molar-refractivity contribution in [2.45, 2.75) is 69.8 Å². The number of alkyl halides is 4. The van der Waals surface area contributed by atoms with Crippen LogP contribution in [0.5, 0.6) is 0 Å². The Labute approximate surface area is 204 Å². The summed E-state index contributed by atoms with van der Waals surface area (Å²) in [5.74, 6) is -0.0605. The Kier molecular flexibility index (Phi) is 8.32. The lowest BCUT2D eigenvalue weighted by atomic mass is 9.82. The van der Waals surface area contributed by atoms with E-state index in [0.717, 1.165) is 31.4 Å². The van der Waals surface area contributed by atoms with Gasteiger partial charge in [-0.15, -0.1) is 0 Å². The summed E-state index contributed by atoms with van der Waals surface area (Å²) in [4.78, 5) is 0. The van der Waals surface area contributed by atoms with Gasteiger partial charge < -0.3 is 9.47 Å². The van der Waals surface area contributed by atoms with Gasteiger partial charge in [-0.3, -0.25) is 0 Å². The third kappa shape index (κ3) is 5.48. The first-order chi connectivity index (χ1) is 16.9. The SMILES string of the molecule is CCCCOC1CC=C(C2=CC=C(c3ccc(C4=CC=C(OC)C(F)C4F)cc3)C(F)C2F)CC1. The minimum atomic E-state index is -1.88. The van der Waals surface area contributed by atoms with Gasteiger partial charge in [0.2, 0.25) is 0 Å². The molecule has 35 heavy (non-hydrogen) atoms. The molecule has 1 aromatic rings. The summed E-state index contributed by atoms with van der Waals surface area (Å²) in [5.41, 5.74) is 2.67. The zero-order valence-electron chi connectivity index (χ0n) is 20.2. The highest BCUT2D eigenvalue weighted by Crippen LogP contribution is 2.39. The quantitative estimate of drug-likeness (QED) is 0.277. The van der Waals surface area contributed by atoms with Crippen LogP contribution < -0.4 is 0 Å². The highest BCUT2D eigenvalue weighted by atomic mass is 19.2. The second-order valence-electron chi connectivity index (χ2n) is 9.17. The molecule has 2 nitrogen and oxygen atoms in total. The first-order valence-electron chi connectivity index (χ1n) is 12.3. The van der Waals surface area contributed by atoms with E-state index in [-0.39, 0.29) is 23.0 Å². The molecule has 0 aromatic heterocycles. The number of hydrogen-bond acceptors (Lipinski definition) is 2. The number of hydrogen-bond donors (Lipinski definition) is 0. The van der Waals surface area contributed by atoms with Gasteiger partial charge in [0, 0.05) is 6.61 Å². The summed E-state index contributed by atoms with van der Waals surface area (Å²) in [7, 11) is 1.30. The minimum absolute atomic E-state index is 0.0605. The topological polar surface area (TPSA) is 18.5 Å². The number of methoxy groups -OCH3 is 1. The van der Waals surface area contributed by atoms with Crippen molar-refractivity contribution in [1.29, 1.82) is 0 Å². The molecule has 5 atom stereocenters. The van der Waals surface area contributed by atoms with Gasteiger partial charge in [0.15, 0.2) is 24.7 Å². The monoisotopic (exact) mass is 488 g/mol. The fourth-order valence-corrected chi connectivity index (χ4v) is 4.79. The number of unbranched alkanes of at least 4 members (excludes halogenated alkanes) is 1. The van der Waals surface area contributed by atoms with Crippen molar-refractivity contribution in [2.24, 2.45) is 0 Å². The Balaban J connectivity index is 1.48. The molecule has 0 bridgehead atoms. The predicted octanol–water partition coefficient (Wildman–Crippen LogP) is 7.59. The van der Waals surface area contributed by atoms with Crippen molar-refractivity contribution in [2.75, 3.05) is 13.7 Å². The molecule has 3 aliphatic carbocycles. The molecule has 1 aromatic carbocycles. The van der Waals surface area contributed by atoms with E-state index in [1.807, 2.05) is 6.08 Å². The fourth-order valence-electron chi connectivity index (χ4n) is 4.79. The molecule has 188 valence electrons. The molecule has 0 spiro atoms. The minimum Gasteiger partial charge on any atom is -0.498 e. The van der Waals surface area contributed by atoms with Crippen LogP contribution in [0.3, 0.4) is 0 Å². The van der Waals surface area contributed by atoms with Crippen LogP contribution in [0.25, 0.3) is 11.1 Å². The van der Waals surface area contributed by atoms with E-state index in [9.17, 15) is 8.78 Å². The Morgan fingerprint density at radius 1 is 0.800 bits per heavy atom. The van der Waals surface area contributed by atoms with Crippen LogP contribution in [0.4, 0.5) is 17.6 Å². The van der Waals surface area contributed by atoms with E-state index in [1.165, 1.54) is 19.3 Å². The summed E-state index contributed by atoms with van der Waals surface area (Å²) < 4.78 is 69.8. The number of benzene rings is 1. The average molecular weight is 489 g/mol. The number of rotatable bonds is 8. The van der Waals surface area contributed by atoms with Crippen LogP contribution in [0.15, 0.2) is 71.6 Å². The van der Waals surface area contributed by atoms with Crippen molar-refractivity contribution >= 4 is 11.1 Å². The van der Waals surface area contributed by atoms with Gasteiger partial charge in [-0.25, -0.2) is 17.6 Å². The predicted molar refractivity (Wildman–Crippen MR) is 132 cm³/mol. The molecule has 6 heteroatoms. The molecule has 3 aliphatic rings. The van der Waals surface area contributed by atoms with Crippen molar-refractivity contribution in [3.63, 3.8) is 0 Å². The van der Waals surface area contributed by atoms with Crippen molar-refractivity contribution in [3.05, 3.63) is 82.7 Å². The molecule has 0 heterocycles. The normalized spacial score (nSPS) is 29.0. The average Bonchev–Trinajstić information content (AvgIpc) is 2.88. The zero-order valence-corrected chi connectivity index (χ0v) is 20.2. The van der Waals surface area contributed by atoms with Crippen molar-refractivity contribution in [3.8, 4) is 0 Å². The van der Waals surface area contributed by atoms with Gasteiger partial charge in [0.05, 0.1) is 13.2 Å². The lowest BCUT2D eigenvalue weighted by Gasteiger charge is -2.28. The number of halogens is 4. The highest BCUT2D eigenvalue weighted by Gasteiger charge is 2.35. The summed E-state index contributed by atoms with van der Waals surface area (Å²) in [6.45, 7) is 2.85. The van der Waals surface area contributed by atoms with Crippen LogP contribution >= 0.6 is 0 Å². The lowest BCUT2D eigenvalue weighted by Crippen LogP contribution is -2.27. The molecular weight excluding hydrogens is 456 g/mol. The van der Waals surface area contributed by atoms with Crippen LogP contribution in [0.2, 0.25) is 0 Å². The second-order valence-corrected chi connectivity index (χ2v) is 9.17. The van der Waals surface area contributed by atoms with E-state index in [2.05, 4.69) is 6.92 Å². The summed E-state index contributed by atoms with van der Waals surface area (Å²) in [6.07, 6.45) is 5.31. The van der Waals surface area contributed by atoms with Gasteiger partial charge in [0.25, 0.3) is 0 Å². The van der Waals surface area contributed by atoms with Crippen LogP contribution in [-0.2, 0) is 9.47 Å². The van der Waals surface area contributed by atoms with E-state index in [0.29, 0.717) is 29.5 Å². The first-order valence-corrected chi connectivity index (χ1v) is 12.3. The third-order valence-electron chi connectivity index (χ3n) is 6.92. The van der Waals surface area contributed by atoms with Gasteiger partial charge in [-0.05, 0) is 65.2 Å². The van der Waals surface area contributed by atoms with E-state index >= 15 is 8.78 Å². The second kappa shape index (κ2) is 11.4. The molecule has 0 saturated carbocycles. The van der Waals surface area contributed by atoms with Crippen molar-refractivity contribution < 1.29 is 27.0 Å². The van der Waals surface area contributed by atoms with E-state index < -0.39 is 24.7 Å². The van der Waals surface area contributed by atoms with Gasteiger partial charge >= 0.3 is 0 Å². The highest BCUT2D eigenvalue weighted by molar-refractivity contribution is 5.77. The van der Waals surface area contributed by atoms with Gasteiger partial charge in [0.1, 0.15) is 5.76 Å². The largest absolute Gasteiger partial charge is 0.498 e. The Bertz CT molecular complexity index is 1050. The Hall–Kier alpha value is -2.60. The molecule has 0 N–H and O–H groups in total. The Morgan fingerprint density at radius 3 is 1.94 bits per heavy atom. The molecule has 0 saturated heterocycles. The fraction of sp³-hybridized carbons (Fsp3) is 0.448. The van der Waals surface area contributed by atoms with Crippen LogP contribution in [0.1, 0.15) is 50.2 Å². The van der Waals surface area contributed by atoms with Crippen LogP contribution in [0, 0.1) is 0 Å². The number of allylic oxidation sites excluding steroid dienone is 9. The molecule has 5 unspecified atom stereocenters. The van der Waals surface area contributed by atoms with E-state index in [1.54, 1.807) is 36.4 Å². The zero-order chi connectivity index (χ0) is 24.9. The smallest absolute Gasteiger partial charge is 0.192 e. The van der Waals surface area contributed by atoms with Gasteiger partial charge in [-0.2, -0.15) is 0 Å². The summed E-state index contributed by atoms with van der Waals surface area (Å²) in [6, 6.07) is 6.45. The maximum absolute atomic E-state index is 15.2. The Morgan fingerprint density at radius 2 is 1.37 bits per heavy atom. The molecule has 0 radical (unpaired) electrons. The maximum Gasteiger partial charge on any atom is 0.192 e. The van der Waals surface area contributed by atoms with Gasteiger partial charge in [-0.1, -0.05) is 61.9 Å². The summed E-state index contributed by atoms with van der Waals surface area (Å²) >= 11 is 0. The molecule has 0 aliphatic heterocycles.